The summed E-state index contributed by atoms with van der Waals surface area (Å²) in [5.41, 5.74) is -1.91. The molecule has 0 bridgehead atoms. The van der Waals surface area contributed by atoms with Gasteiger partial charge in [0.2, 0.25) is 0 Å². The predicted molar refractivity (Wildman–Crippen MR) is 114 cm³/mol. The fourth-order valence-electron chi connectivity index (χ4n) is 8.47. The van der Waals surface area contributed by atoms with Crippen LogP contribution in [0.15, 0.2) is 27.6 Å². The minimum absolute atomic E-state index is 0.0497. The van der Waals surface area contributed by atoms with Crippen molar-refractivity contribution in [1.82, 2.24) is 0 Å². The van der Waals surface area contributed by atoms with Crippen molar-refractivity contribution in [1.29, 1.82) is 0 Å². The van der Waals surface area contributed by atoms with Gasteiger partial charge in [-0.25, -0.2) is 4.79 Å². The molecule has 4 fully saturated rings. The van der Waals surface area contributed by atoms with Crippen LogP contribution in [0.2, 0.25) is 0 Å². The van der Waals surface area contributed by atoms with Crippen molar-refractivity contribution in [2.24, 2.45) is 28.6 Å². The van der Waals surface area contributed by atoms with Crippen LogP contribution in [0.3, 0.4) is 0 Å². The van der Waals surface area contributed by atoms with Gasteiger partial charge >= 0.3 is 5.63 Å². The van der Waals surface area contributed by atoms with Gasteiger partial charge in [-0.15, -0.1) is 0 Å². The van der Waals surface area contributed by atoms with Crippen molar-refractivity contribution in [3.63, 3.8) is 0 Å². The van der Waals surface area contributed by atoms with E-state index >= 15 is 0 Å². The molecule has 4 aliphatic rings. The summed E-state index contributed by atoms with van der Waals surface area (Å²) in [6.07, 6.45) is 6.97. The molecule has 0 spiro atoms. The Morgan fingerprint density at radius 3 is 2.62 bits per heavy atom. The summed E-state index contributed by atoms with van der Waals surface area (Å²) in [6.45, 7) is 2.49. The Morgan fingerprint density at radius 1 is 1.12 bits per heavy atom. The largest absolute Gasteiger partial charge is 0.464 e. The number of ether oxygens (including phenoxy) is 1. The molecule has 0 aliphatic heterocycles. The molecule has 32 heavy (non-hydrogen) atoms. The molecule has 2 N–H and O–H groups in total. The van der Waals surface area contributed by atoms with Gasteiger partial charge in [-0.3, -0.25) is 4.79 Å². The fourth-order valence-corrected chi connectivity index (χ4v) is 8.47. The summed E-state index contributed by atoms with van der Waals surface area (Å²) >= 11 is 0. The Bertz CT molecular complexity index is 937. The summed E-state index contributed by atoms with van der Waals surface area (Å²) in [5.74, 6) is -0.188. The third-order valence-electron chi connectivity index (χ3n) is 9.91. The highest BCUT2D eigenvalue weighted by molar-refractivity contribution is 5.62. The standard InChI is InChI=1S/C25H32O7/c1-23-8-7-18-19(4-3-16-10-17(28)6-9-24(16,18)13-26)25(23,30)11-20(32-14-27)22(23)15-2-5-21(29)31-12-15/h2,5,12-14,16-20,22,28,30H,3-4,6-11H2,1H3/t16-,17-,18-,19+,20?,22-,23+,24+,25-/m0/s1. The van der Waals surface area contributed by atoms with Crippen LogP contribution in [0, 0.1) is 28.6 Å². The number of carbonyl (C=O) groups is 2. The zero-order valence-electron chi connectivity index (χ0n) is 18.4. The zero-order valence-corrected chi connectivity index (χ0v) is 18.4. The van der Waals surface area contributed by atoms with E-state index in [1.54, 1.807) is 6.07 Å². The van der Waals surface area contributed by atoms with Crippen molar-refractivity contribution in [3.8, 4) is 0 Å². The number of hydrogen-bond acceptors (Lipinski definition) is 7. The van der Waals surface area contributed by atoms with Gasteiger partial charge in [-0.05, 0) is 74.3 Å². The number of aliphatic hydroxyl groups excluding tert-OH is 1. The topological polar surface area (TPSA) is 114 Å². The molecule has 0 saturated heterocycles. The van der Waals surface area contributed by atoms with Gasteiger partial charge in [0.15, 0.2) is 0 Å². The van der Waals surface area contributed by atoms with E-state index in [0.29, 0.717) is 38.6 Å². The van der Waals surface area contributed by atoms with Crippen LogP contribution in [-0.2, 0) is 14.3 Å². The molecule has 1 aromatic rings. The van der Waals surface area contributed by atoms with E-state index in [4.69, 9.17) is 9.15 Å². The second kappa shape index (κ2) is 7.52. The molecule has 9 atom stereocenters. The summed E-state index contributed by atoms with van der Waals surface area (Å²) < 4.78 is 10.6. The first kappa shape index (κ1) is 21.8. The molecule has 0 radical (unpaired) electrons. The third-order valence-corrected chi connectivity index (χ3v) is 9.91. The van der Waals surface area contributed by atoms with E-state index in [1.165, 1.54) is 12.3 Å². The first-order valence-corrected chi connectivity index (χ1v) is 11.8. The minimum Gasteiger partial charge on any atom is -0.464 e. The number of carbonyl (C=O) groups excluding carboxylic acids is 2. The fraction of sp³-hybridized carbons (Fsp3) is 0.720. The third kappa shape index (κ3) is 2.83. The molecule has 7 nitrogen and oxygen atoms in total. The van der Waals surface area contributed by atoms with Gasteiger partial charge in [-0.2, -0.15) is 0 Å². The maximum atomic E-state index is 12.6. The summed E-state index contributed by atoms with van der Waals surface area (Å²) in [7, 11) is 0. The molecule has 174 valence electrons. The Morgan fingerprint density at radius 2 is 1.94 bits per heavy atom. The van der Waals surface area contributed by atoms with Gasteiger partial charge in [-0.1, -0.05) is 6.92 Å². The maximum absolute atomic E-state index is 12.6. The van der Waals surface area contributed by atoms with Crippen molar-refractivity contribution >= 4 is 12.8 Å². The number of fused-ring (bicyclic) bond motifs is 5. The zero-order chi connectivity index (χ0) is 22.7. The second-order valence-corrected chi connectivity index (χ2v) is 10.9. The highest BCUT2D eigenvalue weighted by atomic mass is 16.5. The van der Waals surface area contributed by atoms with Crippen molar-refractivity contribution in [2.75, 3.05) is 0 Å². The van der Waals surface area contributed by atoms with Crippen LogP contribution >= 0.6 is 0 Å². The SMILES string of the molecule is C[C@]12CC[C@H]3[C@@H](CC[C@H]4C[C@@H](O)CC[C@@]43C=O)[C@@]1(O)CC(OC=O)[C@@H]2c1ccc(=O)oc1. The lowest BCUT2D eigenvalue weighted by Gasteiger charge is -2.62. The molecular weight excluding hydrogens is 412 g/mol. The lowest BCUT2D eigenvalue weighted by Crippen LogP contribution is -2.63. The van der Waals surface area contributed by atoms with Gasteiger partial charge < -0.3 is 24.2 Å². The molecule has 1 heterocycles. The van der Waals surface area contributed by atoms with Crippen LogP contribution in [0.1, 0.15) is 69.8 Å². The molecule has 0 aromatic carbocycles. The van der Waals surface area contributed by atoms with Gasteiger partial charge in [0.1, 0.15) is 12.4 Å². The Balaban J connectivity index is 1.56. The maximum Gasteiger partial charge on any atom is 0.335 e. The van der Waals surface area contributed by atoms with E-state index in [-0.39, 0.29) is 29.8 Å². The van der Waals surface area contributed by atoms with Crippen molar-refractivity contribution in [3.05, 3.63) is 34.4 Å². The lowest BCUT2D eigenvalue weighted by atomic mass is 9.43. The van der Waals surface area contributed by atoms with E-state index < -0.39 is 28.2 Å². The molecule has 7 heteroatoms. The molecule has 1 unspecified atom stereocenters. The van der Waals surface area contributed by atoms with E-state index in [9.17, 15) is 24.6 Å². The smallest absolute Gasteiger partial charge is 0.335 e. The van der Waals surface area contributed by atoms with Crippen LogP contribution in [-0.4, -0.2) is 40.8 Å². The lowest BCUT2D eigenvalue weighted by molar-refractivity contribution is -0.204. The number of rotatable bonds is 4. The van der Waals surface area contributed by atoms with E-state index in [1.807, 2.05) is 0 Å². The number of aliphatic hydroxyl groups is 2. The summed E-state index contributed by atoms with van der Waals surface area (Å²) in [6, 6.07) is 3.06. The minimum atomic E-state index is -1.11. The summed E-state index contributed by atoms with van der Waals surface area (Å²) in [5, 5.41) is 22.6. The second-order valence-electron chi connectivity index (χ2n) is 10.9. The number of hydrogen-bond donors (Lipinski definition) is 2. The van der Waals surface area contributed by atoms with Crippen LogP contribution in [0.4, 0.5) is 0 Å². The average Bonchev–Trinajstić information content (AvgIpc) is 3.01. The van der Waals surface area contributed by atoms with Crippen LogP contribution in [0.25, 0.3) is 0 Å². The van der Waals surface area contributed by atoms with Crippen LogP contribution in [0.5, 0.6) is 0 Å². The van der Waals surface area contributed by atoms with Crippen molar-refractivity contribution < 1.29 is 29.0 Å². The quantitative estimate of drug-likeness (QED) is 0.686. The molecule has 4 saturated carbocycles. The Kier molecular flexibility index (Phi) is 5.13. The highest BCUT2D eigenvalue weighted by Gasteiger charge is 2.71. The molecule has 1 aromatic heterocycles. The highest BCUT2D eigenvalue weighted by Crippen LogP contribution is 2.70. The monoisotopic (exact) mass is 444 g/mol. The van der Waals surface area contributed by atoms with E-state index in [0.717, 1.165) is 31.1 Å². The summed E-state index contributed by atoms with van der Waals surface area (Å²) in [4.78, 5) is 35.4. The number of aldehydes is 1. The first-order valence-electron chi connectivity index (χ1n) is 11.8. The first-order chi connectivity index (χ1) is 15.3. The normalized spacial score (nSPS) is 47.6. The Labute approximate surface area is 187 Å². The predicted octanol–water partition coefficient (Wildman–Crippen LogP) is 2.57. The van der Waals surface area contributed by atoms with E-state index in [2.05, 4.69) is 6.92 Å². The molecular formula is C25H32O7. The molecule has 5 rings (SSSR count). The average molecular weight is 445 g/mol. The molecule has 0 amide bonds. The van der Waals surface area contributed by atoms with Crippen molar-refractivity contribution in [2.45, 2.75) is 82.0 Å². The van der Waals surface area contributed by atoms with Gasteiger partial charge in [0.25, 0.3) is 6.47 Å². The Hall–Kier alpha value is -1.99. The van der Waals surface area contributed by atoms with Gasteiger partial charge in [0, 0.05) is 29.2 Å². The van der Waals surface area contributed by atoms with Crippen LogP contribution < -0.4 is 5.63 Å². The van der Waals surface area contributed by atoms with Gasteiger partial charge in [0.05, 0.1) is 18.0 Å². The molecule has 4 aliphatic carbocycles.